The van der Waals surface area contributed by atoms with Crippen LogP contribution in [0.25, 0.3) is 0 Å². The van der Waals surface area contributed by atoms with Gasteiger partial charge in [0.2, 0.25) is 0 Å². The number of nitrogens with zero attached hydrogens (tertiary/aromatic N) is 4. The predicted molar refractivity (Wildman–Crippen MR) is 140 cm³/mol. The van der Waals surface area contributed by atoms with Crippen LogP contribution in [0.5, 0.6) is 0 Å². The number of rotatable bonds is 10. The maximum Gasteiger partial charge on any atom is 0.190 e. The topological polar surface area (TPSA) is 46.1 Å². The number of nitrogens with one attached hydrogen (secondary N) is 2. The van der Waals surface area contributed by atoms with Gasteiger partial charge in [0.15, 0.2) is 5.96 Å². The molecule has 0 spiro atoms. The van der Waals surface area contributed by atoms with E-state index >= 15 is 0 Å². The molecule has 1 saturated heterocycles. The fraction of sp³-hybridized carbons (Fsp3) is 0.696. The molecule has 1 aliphatic rings. The molecule has 1 heterocycles. The minimum atomic E-state index is 0. The van der Waals surface area contributed by atoms with E-state index < -0.39 is 0 Å². The first-order chi connectivity index (χ1) is 14.1. The molecule has 0 saturated carbocycles. The summed E-state index contributed by atoms with van der Waals surface area (Å²) in [6.45, 7) is 11.2. The first-order valence-electron chi connectivity index (χ1n) is 11.2. The lowest BCUT2D eigenvalue weighted by Gasteiger charge is -2.25. The van der Waals surface area contributed by atoms with Gasteiger partial charge in [0.05, 0.1) is 0 Å². The van der Waals surface area contributed by atoms with E-state index in [-0.39, 0.29) is 24.0 Å². The second-order valence-corrected chi connectivity index (χ2v) is 8.32. The second-order valence-electron chi connectivity index (χ2n) is 8.32. The second kappa shape index (κ2) is 15.8. The van der Waals surface area contributed by atoms with Crippen LogP contribution in [0.2, 0.25) is 0 Å². The number of halogens is 1. The number of aliphatic imine (C=N–C) groups is 1. The average Bonchev–Trinajstić information content (AvgIpc) is 2.94. The van der Waals surface area contributed by atoms with Gasteiger partial charge in [-0.3, -0.25) is 9.89 Å². The fourth-order valence-corrected chi connectivity index (χ4v) is 3.70. The van der Waals surface area contributed by atoms with Crippen LogP contribution in [0.3, 0.4) is 0 Å². The molecule has 2 N–H and O–H groups in total. The van der Waals surface area contributed by atoms with E-state index in [0.717, 1.165) is 38.4 Å². The summed E-state index contributed by atoms with van der Waals surface area (Å²) in [7, 11) is 6.28. The zero-order chi connectivity index (χ0) is 20.9. The van der Waals surface area contributed by atoms with Crippen molar-refractivity contribution in [3.8, 4) is 0 Å². The molecule has 0 aromatic heterocycles. The molecule has 1 aromatic carbocycles. The van der Waals surface area contributed by atoms with Crippen molar-refractivity contribution in [2.45, 2.75) is 38.8 Å². The minimum Gasteiger partial charge on any atom is -0.356 e. The van der Waals surface area contributed by atoms with Crippen LogP contribution in [-0.4, -0.2) is 93.7 Å². The molecule has 0 amide bonds. The number of guanidine groups is 1. The van der Waals surface area contributed by atoms with Crippen molar-refractivity contribution in [2.24, 2.45) is 4.99 Å². The van der Waals surface area contributed by atoms with Gasteiger partial charge in [0.25, 0.3) is 0 Å². The molecule has 1 atom stereocenters. The Hall–Kier alpha value is -0.900. The molecule has 6 nitrogen and oxygen atoms in total. The third kappa shape index (κ3) is 10.9. The van der Waals surface area contributed by atoms with Crippen LogP contribution in [-0.2, 0) is 6.54 Å². The van der Waals surface area contributed by atoms with Crippen molar-refractivity contribution in [3.63, 3.8) is 0 Å². The Morgan fingerprint density at radius 1 is 1.10 bits per heavy atom. The molecule has 1 aliphatic heterocycles. The first kappa shape index (κ1) is 27.1. The van der Waals surface area contributed by atoms with Gasteiger partial charge in [0.1, 0.15) is 0 Å². The van der Waals surface area contributed by atoms with Gasteiger partial charge in [-0.05, 0) is 65.5 Å². The summed E-state index contributed by atoms with van der Waals surface area (Å²) in [6.07, 6.45) is 3.52. The van der Waals surface area contributed by atoms with Crippen LogP contribution in [0.1, 0.15) is 31.7 Å². The van der Waals surface area contributed by atoms with Crippen LogP contribution in [0.15, 0.2) is 35.3 Å². The molecule has 2 rings (SSSR count). The van der Waals surface area contributed by atoms with Crippen molar-refractivity contribution < 1.29 is 0 Å². The van der Waals surface area contributed by atoms with Gasteiger partial charge in [-0.2, -0.15) is 0 Å². The summed E-state index contributed by atoms with van der Waals surface area (Å²) in [5.41, 5.74) is 1.36. The Morgan fingerprint density at radius 2 is 1.83 bits per heavy atom. The highest BCUT2D eigenvalue weighted by molar-refractivity contribution is 14.0. The summed E-state index contributed by atoms with van der Waals surface area (Å²) in [4.78, 5) is 11.8. The van der Waals surface area contributed by atoms with Crippen LogP contribution in [0.4, 0.5) is 0 Å². The van der Waals surface area contributed by atoms with Crippen LogP contribution >= 0.6 is 24.0 Å². The Bertz CT molecular complexity index is 582. The molecule has 1 fully saturated rings. The molecule has 1 unspecified atom stereocenters. The maximum atomic E-state index is 4.37. The van der Waals surface area contributed by atoms with E-state index in [1.54, 1.807) is 0 Å². The van der Waals surface area contributed by atoms with Gasteiger partial charge in [-0.25, -0.2) is 0 Å². The Kier molecular flexibility index (Phi) is 14.3. The standard InChI is InChI=1S/C23H42N6.HI/c1-21(28(4)20-22-10-6-5-7-11-22)12-14-26-23(24-2)25-13-8-16-29-17-9-15-27(3)18-19-29;/h5-7,10-11,21H,8-9,12-20H2,1-4H3,(H2,24,25,26);1H. The van der Waals surface area contributed by atoms with E-state index in [1.807, 2.05) is 7.05 Å². The predicted octanol–water partition coefficient (Wildman–Crippen LogP) is 2.71. The number of hydrogen-bond donors (Lipinski definition) is 2. The van der Waals surface area contributed by atoms with E-state index in [0.29, 0.717) is 6.04 Å². The van der Waals surface area contributed by atoms with Crippen LogP contribution in [0, 0.1) is 0 Å². The van der Waals surface area contributed by atoms with Crippen molar-refractivity contribution in [2.75, 3.05) is 67.0 Å². The van der Waals surface area contributed by atoms with E-state index in [1.165, 1.54) is 44.7 Å². The van der Waals surface area contributed by atoms with E-state index in [2.05, 4.69) is 81.7 Å². The molecule has 7 heteroatoms. The third-order valence-electron chi connectivity index (χ3n) is 5.86. The molecular weight excluding hydrogens is 487 g/mol. The third-order valence-corrected chi connectivity index (χ3v) is 5.86. The smallest absolute Gasteiger partial charge is 0.190 e. The van der Waals surface area contributed by atoms with Crippen molar-refractivity contribution in [1.82, 2.24) is 25.3 Å². The number of benzene rings is 1. The van der Waals surface area contributed by atoms with Gasteiger partial charge < -0.3 is 20.4 Å². The van der Waals surface area contributed by atoms with Crippen molar-refractivity contribution in [3.05, 3.63) is 35.9 Å². The molecule has 172 valence electrons. The lowest BCUT2D eigenvalue weighted by molar-refractivity contribution is 0.238. The lowest BCUT2D eigenvalue weighted by Crippen LogP contribution is -2.41. The minimum absolute atomic E-state index is 0. The average molecular weight is 531 g/mol. The largest absolute Gasteiger partial charge is 0.356 e. The van der Waals surface area contributed by atoms with Gasteiger partial charge >= 0.3 is 0 Å². The summed E-state index contributed by atoms with van der Waals surface area (Å²) >= 11 is 0. The molecular formula is C23H43IN6. The van der Waals surface area contributed by atoms with E-state index in [9.17, 15) is 0 Å². The quantitative estimate of drug-likeness (QED) is 0.211. The zero-order valence-corrected chi connectivity index (χ0v) is 21.8. The van der Waals surface area contributed by atoms with Crippen molar-refractivity contribution >= 4 is 29.9 Å². The van der Waals surface area contributed by atoms with Gasteiger partial charge in [-0.15, -0.1) is 24.0 Å². The SMILES string of the molecule is CN=C(NCCCN1CCCN(C)CC1)NCCC(C)N(C)Cc1ccccc1.I. The molecule has 0 radical (unpaired) electrons. The van der Waals surface area contributed by atoms with E-state index in [4.69, 9.17) is 0 Å². The zero-order valence-electron chi connectivity index (χ0n) is 19.4. The summed E-state index contributed by atoms with van der Waals surface area (Å²) in [5.74, 6) is 0.915. The summed E-state index contributed by atoms with van der Waals surface area (Å²) in [5, 5.41) is 6.93. The highest BCUT2D eigenvalue weighted by atomic mass is 127. The first-order valence-corrected chi connectivity index (χ1v) is 11.2. The Labute approximate surface area is 201 Å². The Balaban J connectivity index is 0.00000450. The molecule has 0 aliphatic carbocycles. The Morgan fingerprint density at radius 3 is 2.57 bits per heavy atom. The highest BCUT2D eigenvalue weighted by Crippen LogP contribution is 2.08. The summed E-state index contributed by atoms with van der Waals surface area (Å²) in [6, 6.07) is 11.2. The van der Waals surface area contributed by atoms with Crippen LogP contribution < -0.4 is 10.6 Å². The highest BCUT2D eigenvalue weighted by Gasteiger charge is 2.12. The summed E-state index contributed by atoms with van der Waals surface area (Å²) < 4.78 is 0. The molecule has 30 heavy (non-hydrogen) atoms. The maximum absolute atomic E-state index is 4.37. The lowest BCUT2D eigenvalue weighted by atomic mass is 10.1. The molecule has 0 bridgehead atoms. The normalized spacial score (nSPS) is 17.3. The van der Waals surface area contributed by atoms with Gasteiger partial charge in [-0.1, -0.05) is 30.3 Å². The fourth-order valence-electron chi connectivity index (χ4n) is 3.70. The number of hydrogen-bond acceptors (Lipinski definition) is 4. The monoisotopic (exact) mass is 530 g/mol. The van der Waals surface area contributed by atoms with Gasteiger partial charge in [0, 0.05) is 45.8 Å². The van der Waals surface area contributed by atoms with Crippen molar-refractivity contribution in [1.29, 1.82) is 0 Å². The number of likely N-dealkylation sites (N-methyl/N-ethyl adjacent to an activating group) is 1. The molecule has 1 aromatic rings.